The lowest BCUT2D eigenvalue weighted by atomic mass is 9.99. The smallest absolute Gasteiger partial charge is 0.154 e. The summed E-state index contributed by atoms with van der Waals surface area (Å²) in [5, 5.41) is 20.8. The highest BCUT2D eigenvalue weighted by atomic mass is 15.2. The summed E-state index contributed by atoms with van der Waals surface area (Å²) in [6.07, 6.45) is 2.12. The molecular formula is C24H32N6. The highest BCUT2D eigenvalue weighted by molar-refractivity contribution is 5.92. The van der Waals surface area contributed by atoms with Gasteiger partial charge < -0.3 is 14.8 Å². The van der Waals surface area contributed by atoms with E-state index < -0.39 is 0 Å². The Kier molecular flexibility index (Phi) is 5.52. The Morgan fingerprint density at radius 1 is 1.17 bits per heavy atom. The van der Waals surface area contributed by atoms with E-state index in [9.17, 15) is 0 Å². The number of benzene rings is 1. The van der Waals surface area contributed by atoms with Crippen LogP contribution in [0.5, 0.6) is 0 Å². The van der Waals surface area contributed by atoms with Crippen molar-refractivity contribution in [2.45, 2.75) is 52.2 Å². The standard InChI is InChI=1S/C24H32N6/c1-16-12-20(10-11-28(16)4)27-21-14-22-23(30(18(3)25)24(21)26)13-17(2)29(22)15-19-8-6-5-7-9-19/h5-9,13-14,16,20,25-27H,10-12,15H2,1-4H3/t16-,20-/m1/s1. The lowest BCUT2D eigenvalue weighted by molar-refractivity contribution is 0.190. The van der Waals surface area contributed by atoms with Crippen molar-refractivity contribution in [3.63, 3.8) is 0 Å². The molecule has 0 unspecified atom stereocenters. The highest BCUT2D eigenvalue weighted by Gasteiger charge is 2.24. The molecule has 2 aromatic heterocycles. The summed E-state index contributed by atoms with van der Waals surface area (Å²) in [6, 6.07) is 15.5. The molecule has 6 heteroatoms. The number of anilines is 1. The summed E-state index contributed by atoms with van der Waals surface area (Å²) in [6.45, 7) is 7.94. The van der Waals surface area contributed by atoms with Gasteiger partial charge in [-0.15, -0.1) is 0 Å². The van der Waals surface area contributed by atoms with Gasteiger partial charge >= 0.3 is 0 Å². The van der Waals surface area contributed by atoms with Crippen molar-refractivity contribution in [3.05, 3.63) is 59.2 Å². The van der Waals surface area contributed by atoms with Gasteiger partial charge in [0.15, 0.2) is 5.49 Å². The topological polar surface area (TPSA) is 72.8 Å². The number of nitrogens with zero attached hydrogens (tertiary/aromatic N) is 3. The Hall–Kier alpha value is -2.86. The third kappa shape index (κ3) is 3.79. The lowest BCUT2D eigenvalue weighted by Gasteiger charge is -2.35. The predicted molar refractivity (Wildman–Crippen MR) is 124 cm³/mol. The number of fused-ring (bicyclic) bond motifs is 1. The number of hydrogen-bond acceptors (Lipinski definition) is 4. The molecule has 0 aliphatic carbocycles. The molecule has 1 aromatic carbocycles. The Morgan fingerprint density at radius 2 is 1.90 bits per heavy atom. The first-order valence-corrected chi connectivity index (χ1v) is 10.7. The molecule has 1 aliphatic rings. The zero-order chi connectivity index (χ0) is 21.4. The van der Waals surface area contributed by atoms with Gasteiger partial charge in [-0.2, -0.15) is 0 Å². The Morgan fingerprint density at radius 3 is 2.57 bits per heavy atom. The van der Waals surface area contributed by atoms with Crippen LogP contribution in [0, 0.1) is 17.7 Å². The summed E-state index contributed by atoms with van der Waals surface area (Å²) >= 11 is 0. The highest BCUT2D eigenvalue weighted by Crippen LogP contribution is 2.24. The molecule has 1 fully saturated rings. The minimum Gasteiger partial charge on any atom is -0.379 e. The number of pyridine rings is 1. The molecule has 158 valence electrons. The Labute approximate surface area is 178 Å². The zero-order valence-corrected chi connectivity index (χ0v) is 18.4. The van der Waals surface area contributed by atoms with Crippen molar-refractivity contribution in [1.82, 2.24) is 14.0 Å². The molecule has 3 aromatic rings. The van der Waals surface area contributed by atoms with Gasteiger partial charge in [-0.3, -0.25) is 15.4 Å². The van der Waals surface area contributed by atoms with Crippen molar-refractivity contribution >= 4 is 22.6 Å². The fraction of sp³-hybridized carbons (Fsp3) is 0.417. The van der Waals surface area contributed by atoms with Crippen LogP contribution in [0.3, 0.4) is 0 Å². The van der Waals surface area contributed by atoms with Crippen LogP contribution in [0.15, 0.2) is 42.5 Å². The zero-order valence-electron chi connectivity index (χ0n) is 18.4. The molecule has 0 spiro atoms. The van der Waals surface area contributed by atoms with E-state index in [1.807, 2.05) is 6.07 Å². The average Bonchev–Trinajstić information content (AvgIpc) is 3.00. The van der Waals surface area contributed by atoms with E-state index in [2.05, 4.69) is 72.1 Å². The predicted octanol–water partition coefficient (Wildman–Crippen LogP) is 4.02. The first kappa shape index (κ1) is 20.4. The maximum Gasteiger partial charge on any atom is 0.154 e. The maximum absolute atomic E-state index is 8.81. The van der Waals surface area contributed by atoms with Gasteiger partial charge in [0.25, 0.3) is 0 Å². The summed E-state index contributed by atoms with van der Waals surface area (Å²) in [5.41, 5.74) is 5.52. The fourth-order valence-electron chi connectivity index (χ4n) is 4.53. The van der Waals surface area contributed by atoms with Gasteiger partial charge in [-0.1, -0.05) is 30.3 Å². The van der Waals surface area contributed by atoms with Crippen LogP contribution in [0.4, 0.5) is 5.69 Å². The summed E-state index contributed by atoms with van der Waals surface area (Å²) < 4.78 is 4.04. The number of piperidine rings is 1. The Bertz CT molecular complexity index is 1120. The van der Waals surface area contributed by atoms with Crippen molar-refractivity contribution in [1.29, 1.82) is 10.8 Å². The fourth-order valence-corrected chi connectivity index (χ4v) is 4.53. The van der Waals surface area contributed by atoms with Crippen LogP contribution < -0.4 is 10.8 Å². The second-order valence-corrected chi connectivity index (χ2v) is 8.65. The third-order valence-corrected chi connectivity index (χ3v) is 6.41. The van der Waals surface area contributed by atoms with Crippen molar-refractivity contribution in [2.75, 3.05) is 18.9 Å². The molecule has 0 radical (unpaired) electrons. The molecule has 4 rings (SSSR count). The van der Waals surface area contributed by atoms with Crippen LogP contribution in [-0.2, 0) is 6.54 Å². The van der Waals surface area contributed by atoms with E-state index in [0.717, 1.165) is 48.3 Å². The number of nitrogens with one attached hydrogen (secondary N) is 3. The molecule has 6 nitrogen and oxygen atoms in total. The molecule has 30 heavy (non-hydrogen) atoms. The van der Waals surface area contributed by atoms with Gasteiger partial charge in [-0.05, 0) is 58.4 Å². The summed E-state index contributed by atoms with van der Waals surface area (Å²) in [7, 11) is 2.18. The quantitative estimate of drug-likeness (QED) is 0.454. The van der Waals surface area contributed by atoms with Crippen molar-refractivity contribution in [2.24, 2.45) is 0 Å². The number of hydrogen-bond donors (Lipinski definition) is 3. The minimum absolute atomic E-state index is 0.343. The van der Waals surface area contributed by atoms with Crippen molar-refractivity contribution < 1.29 is 0 Å². The second-order valence-electron chi connectivity index (χ2n) is 8.65. The minimum atomic E-state index is 0.343. The Balaban J connectivity index is 1.79. The van der Waals surface area contributed by atoms with E-state index in [4.69, 9.17) is 10.8 Å². The van der Waals surface area contributed by atoms with Gasteiger partial charge in [0.1, 0.15) is 5.84 Å². The monoisotopic (exact) mass is 404 g/mol. The number of aryl methyl sites for hydroxylation is 1. The number of rotatable bonds is 4. The first-order valence-electron chi connectivity index (χ1n) is 10.7. The molecule has 2 atom stereocenters. The van der Waals surface area contributed by atoms with Crippen LogP contribution in [0.25, 0.3) is 11.0 Å². The lowest BCUT2D eigenvalue weighted by Crippen LogP contribution is -2.43. The van der Waals surface area contributed by atoms with E-state index in [1.54, 1.807) is 11.5 Å². The van der Waals surface area contributed by atoms with E-state index in [0.29, 0.717) is 23.4 Å². The summed E-state index contributed by atoms with van der Waals surface area (Å²) in [4.78, 5) is 2.39. The molecular weight excluding hydrogens is 372 g/mol. The number of aromatic nitrogens is 2. The molecule has 3 heterocycles. The second kappa shape index (κ2) is 8.11. The van der Waals surface area contributed by atoms with E-state index in [1.165, 1.54) is 5.56 Å². The van der Waals surface area contributed by atoms with Crippen LogP contribution >= 0.6 is 0 Å². The molecule has 0 saturated carbocycles. The normalized spacial score (nSPS) is 19.9. The van der Waals surface area contributed by atoms with Gasteiger partial charge in [-0.25, -0.2) is 0 Å². The molecule has 0 bridgehead atoms. The first-order chi connectivity index (χ1) is 14.3. The number of likely N-dealkylation sites (tertiary alicyclic amines) is 1. The van der Waals surface area contributed by atoms with Crippen molar-refractivity contribution in [3.8, 4) is 0 Å². The maximum atomic E-state index is 8.81. The van der Waals surface area contributed by atoms with E-state index in [-0.39, 0.29) is 0 Å². The van der Waals surface area contributed by atoms with Gasteiger partial charge in [0, 0.05) is 30.9 Å². The molecule has 1 saturated heterocycles. The van der Waals surface area contributed by atoms with Crippen LogP contribution in [0.1, 0.15) is 37.9 Å². The van der Waals surface area contributed by atoms with Crippen LogP contribution in [-0.4, -0.2) is 45.5 Å². The third-order valence-electron chi connectivity index (χ3n) is 6.41. The van der Waals surface area contributed by atoms with Gasteiger partial charge in [0.2, 0.25) is 0 Å². The largest absolute Gasteiger partial charge is 0.379 e. The average molecular weight is 405 g/mol. The van der Waals surface area contributed by atoms with Gasteiger partial charge in [0.05, 0.1) is 16.7 Å². The molecule has 1 aliphatic heterocycles. The molecule has 0 amide bonds. The summed E-state index contributed by atoms with van der Waals surface area (Å²) in [5.74, 6) is 0.363. The molecule has 3 N–H and O–H groups in total. The van der Waals surface area contributed by atoms with E-state index >= 15 is 0 Å². The SMILES string of the molecule is CC(=N)n1c(=N)c(N[C@@H]2CCN(C)[C@H](C)C2)cc2c1cc(C)n2Cc1ccccc1. The van der Waals surface area contributed by atoms with Crippen LogP contribution in [0.2, 0.25) is 0 Å².